The van der Waals surface area contributed by atoms with Crippen molar-refractivity contribution in [1.29, 1.82) is 0 Å². The van der Waals surface area contributed by atoms with Gasteiger partial charge in [0.25, 0.3) is 0 Å². The van der Waals surface area contributed by atoms with E-state index in [0.717, 1.165) is 0 Å². The van der Waals surface area contributed by atoms with Gasteiger partial charge in [-0.3, -0.25) is 0 Å². The van der Waals surface area contributed by atoms with E-state index in [1.807, 2.05) is 0 Å². The molecule has 0 spiro atoms. The molecule has 0 nitrogen and oxygen atoms in total. The van der Waals surface area contributed by atoms with Crippen LogP contribution < -0.4 is 0 Å². The number of hydrogen-bond acceptors (Lipinski definition) is 0. The topological polar surface area (TPSA) is 0 Å². The van der Waals surface area contributed by atoms with Crippen LogP contribution in [-0.4, -0.2) is 0 Å². The summed E-state index contributed by atoms with van der Waals surface area (Å²) in [6.45, 7) is 9.03. The standard InChI is InChI=1S/C12H16I2/c1-7(2)9-5-10(8(3)4)12(14)6-11(9)13/h5-8H,1-4H3. The molecule has 0 aromatic heterocycles. The number of rotatable bonds is 2. The van der Waals surface area contributed by atoms with Gasteiger partial charge in [0.1, 0.15) is 0 Å². The Balaban J connectivity index is 3.27. The molecule has 0 aliphatic rings. The smallest absolute Gasteiger partial charge is 0.0175 e. The maximum absolute atomic E-state index is 2.44. The molecule has 0 bridgehead atoms. The Bertz CT molecular complexity index is 298. The summed E-state index contributed by atoms with van der Waals surface area (Å²) >= 11 is 4.87. The predicted molar refractivity (Wildman–Crippen MR) is 80.1 cm³/mol. The average molecular weight is 414 g/mol. The summed E-state index contributed by atoms with van der Waals surface area (Å²) in [5.74, 6) is 1.24. The van der Waals surface area contributed by atoms with Gasteiger partial charge in [0, 0.05) is 7.14 Å². The molecule has 0 unspecified atom stereocenters. The summed E-state index contributed by atoms with van der Waals surface area (Å²) < 4.78 is 2.79. The molecular weight excluding hydrogens is 398 g/mol. The molecule has 1 aromatic carbocycles. The first-order valence-corrected chi connectivity index (χ1v) is 7.08. The number of hydrogen-bond donors (Lipinski definition) is 0. The number of benzene rings is 1. The molecule has 0 atom stereocenters. The van der Waals surface area contributed by atoms with E-state index < -0.39 is 0 Å². The van der Waals surface area contributed by atoms with E-state index in [2.05, 4.69) is 85.0 Å². The van der Waals surface area contributed by atoms with E-state index in [4.69, 9.17) is 0 Å². The molecule has 0 saturated carbocycles. The quantitative estimate of drug-likeness (QED) is 0.588. The maximum atomic E-state index is 2.44. The molecular formula is C12H16I2. The zero-order chi connectivity index (χ0) is 10.9. The Morgan fingerprint density at radius 1 is 0.786 bits per heavy atom. The Hall–Kier alpha value is 0.680. The summed E-state index contributed by atoms with van der Waals surface area (Å²) in [4.78, 5) is 0. The first kappa shape index (κ1) is 12.7. The van der Waals surface area contributed by atoms with Crippen molar-refractivity contribution in [3.63, 3.8) is 0 Å². The normalized spacial score (nSPS) is 11.4. The molecule has 14 heavy (non-hydrogen) atoms. The van der Waals surface area contributed by atoms with Crippen molar-refractivity contribution in [2.24, 2.45) is 0 Å². The van der Waals surface area contributed by atoms with E-state index in [9.17, 15) is 0 Å². The molecule has 0 aliphatic carbocycles. The fourth-order valence-corrected chi connectivity index (χ4v) is 4.24. The average Bonchev–Trinajstić information content (AvgIpc) is 2.02. The van der Waals surface area contributed by atoms with Crippen molar-refractivity contribution < 1.29 is 0 Å². The molecule has 0 saturated heterocycles. The Morgan fingerprint density at radius 3 is 1.43 bits per heavy atom. The summed E-state index contributed by atoms with van der Waals surface area (Å²) in [6.07, 6.45) is 0. The molecule has 0 heterocycles. The van der Waals surface area contributed by atoms with Gasteiger partial charge in [0.2, 0.25) is 0 Å². The third-order valence-electron chi connectivity index (χ3n) is 2.36. The minimum atomic E-state index is 0.622. The zero-order valence-electron chi connectivity index (χ0n) is 9.07. The van der Waals surface area contributed by atoms with Crippen LogP contribution in [-0.2, 0) is 0 Å². The van der Waals surface area contributed by atoms with Crippen LogP contribution in [0.5, 0.6) is 0 Å². The van der Waals surface area contributed by atoms with E-state index in [1.165, 1.54) is 18.3 Å². The second-order valence-electron chi connectivity index (χ2n) is 4.20. The van der Waals surface area contributed by atoms with Gasteiger partial charge in [-0.05, 0) is 74.2 Å². The van der Waals surface area contributed by atoms with Crippen LogP contribution in [0.15, 0.2) is 12.1 Å². The van der Waals surface area contributed by atoms with Gasteiger partial charge in [-0.25, -0.2) is 0 Å². The van der Waals surface area contributed by atoms with Gasteiger partial charge < -0.3 is 0 Å². The second kappa shape index (κ2) is 5.14. The highest BCUT2D eigenvalue weighted by atomic mass is 127. The van der Waals surface area contributed by atoms with Crippen LogP contribution >= 0.6 is 45.2 Å². The molecule has 0 radical (unpaired) electrons. The van der Waals surface area contributed by atoms with Crippen molar-refractivity contribution in [1.82, 2.24) is 0 Å². The summed E-state index contributed by atoms with van der Waals surface area (Å²) in [5.41, 5.74) is 2.96. The fraction of sp³-hybridized carbons (Fsp3) is 0.500. The lowest BCUT2D eigenvalue weighted by atomic mass is 9.96. The molecule has 2 heteroatoms. The molecule has 1 aromatic rings. The SMILES string of the molecule is CC(C)c1cc(C(C)C)c(I)cc1I. The lowest BCUT2D eigenvalue weighted by Crippen LogP contribution is -1.99. The second-order valence-corrected chi connectivity index (χ2v) is 6.53. The van der Waals surface area contributed by atoms with Gasteiger partial charge in [-0.2, -0.15) is 0 Å². The Kier molecular flexibility index (Phi) is 4.68. The van der Waals surface area contributed by atoms with E-state index in [1.54, 1.807) is 0 Å². The van der Waals surface area contributed by atoms with Crippen molar-refractivity contribution in [2.75, 3.05) is 0 Å². The highest BCUT2D eigenvalue weighted by molar-refractivity contribution is 14.1. The fourth-order valence-electron chi connectivity index (χ4n) is 1.47. The lowest BCUT2D eigenvalue weighted by Gasteiger charge is -2.15. The van der Waals surface area contributed by atoms with Gasteiger partial charge >= 0.3 is 0 Å². The summed E-state index contributed by atoms with van der Waals surface area (Å²) in [5, 5.41) is 0. The first-order valence-electron chi connectivity index (χ1n) is 4.92. The lowest BCUT2D eigenvalue weighted by molar-refractivity contribution is 0.824. The maximum Gasteiger partial charge on any atom is 0.0175 e. The van der Waals surface area contributed by atoms with Crippen molar-refractivity contribution in [2.45, 2.75) is 39.5 Å². The monoisotopic (exact) mass is 414 g/mol. The Morgan fingerprint density at radius 2 is 1.14 bits per heavy atom. The van der Waals surface area contributed by atoms with Crippen LogP contribution in [0.25, 0.3) is 0 Å². The highest BCUT2D eigenvalue weighted by Gasteiger charge is 2.11. The Labute approximate surface area is 114 Å². The summed E-state index contributed by atoms with van der Waals surface area (Å²) in [7, 11) is 0. The van der Waals surface area contributed by atoms with Crippen LogP contribution in [0.1, 0.15) is 50.7 Å². The minimum Gasteiger partial charge on any atom is -0.0586 e. The van der Waals surface area contributed by atoms with Crippen LogP contribution in [0.2, 0.25) is 0 Å². The molecule has 0 aliphatic heterocycles. The molecule has 78 valence electrons. The molecule has 1 rings (SSSR count). The van der Waals surface area contributed by atoms with Crippen LogP contribution in [0.3, 0.4) is 0 Å². The minimum absolute atomic E-state index is 0.622. The molecule has 0 amide bonds. The largest absolute Gasteiger partial charge is 0.0586 e. The highest BCUT2D eigenvalue weighted by Crippen LogP contribution is 2.29. The van der Waals surface area contributed by atoms with Gasteiger partial charge in [-0.15, -0.1) is 0 Å². The van der Waals surface area contributed by atoms with E-state index >= 15 is 0 Å². The van der Waals surface area contributed by atoms with Crippen LogP contribution in [0.4, 0.5) is 0 Å². The van der Waals surface area contributed by atoms with Crippen LogP contribution in [0, 0.1) is 7.14 Å². The third-order valence-corrected chi connectivity index (χ3v) is 4.23. The first-order chi connectivity index (χ1) is 6.43. The van der Waals surface area contributed by atoms with Crippen molar-refractivity contribution in [3.05, 3.63) is 30.4 Å². The van der Waals surface area contributed by atoms with E-state index in [0.29, 0.717) is 11.8 Å². The predicted octanol–water partition coefficient (Wildman–Crippen LogP) is 5.14. The van der Waals surface area contributed by atoms with Gasteiger partial charge in [0.15, 0.2) is 0 Å². The van der Waals surface area contributed by atoms with Crippen molar-refractivity contribution in [3.8, 4) is 0 Å². The van der Waals surface area contributed by atoms with E-state index in [-0.39, 0.29) is 0 Å². The molecule has 0 N–H and O–H groups in total. The van der Waals surface area contributed by atoms with Gasteiger partial charge in [0.05, 0.1) is 0 Å². The third kappa shape index (κ3) is 2.84. The van der Waals surface area contributed by atoms with Gasteiger partial charge in [-0.1, -0.05) is 33.8 Å². The zero-order valence-corrected chi connectivity index (χ0v) is 13.4. The number of halogens is 2. The summed E-state index contributed by atoms with van der Waals surface area (Å²) in [6, 6.07) is 4.67. The molecule has 0 fully saturated rings. The van der Waals surface area contributed by atoms with Crippen molar-refractivity contribution >= 4 is 45.2 Å².